The summed E-state index contributed by atoms with van der Waals surface area (Å²) in [6.45, 7) is 6.74. The molecule has 1 aliphatic rings. The molecule has 0 saturated heterocycles. The standard InChI is InChI=1S/C32H46N2O7/c1-23(2)21-25-22-41-27-12-8-7-11-26(27)32(36)33(19-20-37-3)17-9-10-18-34(25)29(35)16-14-24-13-15-28(38-4)31(40-6)30(24)39-5/h7-8,11-13,15,23,25H,9-10,14,16-22H2,1-6H3/t25-/m0/s1. The van der Waals surface area contributed by atoms with Gasteiger partial charge in [-0.3, -0.25) is 9.59 Å². The second-order valence-electron chi connectivity index (χ2n) is 10.7. The molecule has 3 rings (SSSR count). The largest absolute Gasteiger partial charge is 0.493 e. The number of benzene rings is 2. The number of aryl methyl sites for hydroxylation is 1. The van der Waals surface area contributed by atoms with E-state index in [2.05, 4.69) is 13.8 Å². The molecule has 0 fully saturated rings. The number of amides is 2. The maximum atomic E-state index is 13.9. The second-order valence-corrected chi connectivity index (χ2v) is 10.7. The van der Waals surface area contributed by atoms with Crippen LogP contribution in [-0.4, -0.2) is 88.9 Å². The van der Waals surface area contributed by atoms with Gasteiger partial charge in [0.15, 0.2) is 11.5 Å². The topological polar surface area (TPSA) is 86.8 Å². The summed E-state index contributed by atoms with van der Waals surface area (Å²) in [5.41, 5.74) is 1.41. The SMILES string of the molecule is COCCN1CCCCN(C(=O)CCc2ccc(OC)c(OC)c2OC)[C@@H](CC(C)C)COc2ccccc2C1=O. The number of hydrogen-bond donors (Lipinski definition) is 0. The van der Waals surface area contributed by atoms with Gasteiger partial charge in [0.1, 0.15) is 12.4 Å². The lowest BCUT2D eigenvalue weighted by molar-refractivity contribution is -0.134. The van der Waals surface area contributed by atoms with E-state index >= 15 is 0 Å². The van der Waals surface area contributed by atoms with Gasteiger partial charge >= 0.3 is 0 Å². The maximum absolute atomic E-state index is 13.9. The van der Waals surface area contributed by atoms with Crippen molar-refractivity contribution in [2.75, 3.05) is 61.3 Å². The van der Waals surface area contributed by atoms with Gasteiger partial charge in [0, 0.05) is 33.2 Å². The minimum absolute atomic E-state index is 0.0598. The summed E-state index contributed by atoms with van der Waals surface area (Å²) in [5.74, 6) is 2.58. The number of nitrogens with zero attached hydrogens (tertiary/aromatic N) is 2. The van der Waals surface area contributed by atoms with Crippen molar-refractivity contribution in [1.29, 1.82) is 0 Å². The first-order valence-electron chi connectivity index (χ1n) is 14.4. The van der Waals surface area contributed by atoms with Crippen LogP contribution in [0.25, 0.3) is 0 Å². The van der Waals surface area contributed by atoms with E-state index in [-0.39, 0.29) is 17.9 Å². The van der Waals surface area contributed by atoms with Crippen LogP contribution in [0.5, 0.6) is 23.0 Å². The molecule has 1 atom stereocenters. The molecule has 226 valence electrons. The van der Waals surface area contributed by atoms with E-state index in [1.165, 1.54) is 0 Å². The van der Waals surface area contributed by atoms with Crippen LogP contribution in [0.4, 0.5) is 0 Å². The number of methoxy groups -OCH3 is 4. The Morgan fingerprint density at radius 2 is 1.71 bits per heavy atom. The quantitative estimate of drug-likeness (QED) is 0.382. The van der Waals surface area contributed by atoms with Gasteiger partial charge in [-0.15, -0.1) is 0 Å². The van der Waals surface area contributed by atoms with Gasteiger partial charge in [0.25, 0.3) is 5.91 Å². The Morgan fingerprint density at radius 3 is 2.39 bits per heavy atom. The molecule has 2 aromatic carbocycles. The van der Waals surface area contributed by atoms with Crippen molar-refractivity contribution in [3.05, 3.63) is 47.5 Å². The molecule has 0 unspecified atom stereocenters. The van der Waals surface area contributed by atoms with Crippen molar-refractivity contribution >= 4 is 11.8 Å². The monoisotopic (exact) mass is 570 g/mol. The highest BCUT2D eigenvalue weighted by atomic mass is 16.5. The van der Waals surface area contributed by atoms with Crippen molar-refractivity contribution in [1.82, 2.24) is 9.80 Å². The smallest absolute Gasteiger partial charge is 0.257 e. The summed E-state index contributed by atoms with van der Waals surface area (Å²) in [5, 5.41) is 0. The third kappa shape index (κ3) is 8.52. The maximum Gasteiger partial charge on any atom is 0.257 e. The first-order valence-corrected chi connectivity index (χ1v) is 14.4. The molecule has 9 heteroatoms. The van der Waals surface area contributed by atoms with E-state index in [1.54, 1.807) is 34.5 Å². The predicted octanol–water partition coefficient (Wildman–Crippen LogP) is 4.85. The Morgan fingerprint density at radius 1 is 0.976 bits per heavy atom. The molecule has 1 heterocycles. The van der Waals surface area contributed by atoms with Gasteiger partial charge in [0.05, 0.1) is 39.5 Å². The van der Waals surface area contributed by atoms with E-state index in [1.807, 2.05) is 40.1 Å². The molecular weight excluding hydrogens is 524 g/mol. The van der Waals surface area contributed by atoms with E-state index in [0.29, 0.717) is 80.2 Å². The third-order valence-corrected chi connectivity index (χ3v) is 7.38. The number of ether oxygens (including phenoxy) is 5. The van der Waals surface area contributed by atoms with Crippen LogP contribution >= 0.6 is 0 Å². The lowest BCUT2D eigenvalue weighted by Gasteiger charge is -2.34. The number of carbonyl (C=O) groups excluding carboxylic acids is 2. The van der Waals surface area contributed by atoms with Crippen molar-refractivity contribution in [3.63, 3.8) is 0 Å². The molecular formula is C32H46N2O7. The summed E-state index contributed by atoms with van der Waals surface area (Å²) >= 11 is 0. The summed E-state index contributed by atoms with van der Waals surface area (Å²) in [4.78, 5) is 31.1. The number of fused-ring (bicyclic) bond motifs is 1. The molecule has 0 aliphatic carbocycles. The molecule has 2 aromatic rings. The predicted molar refractivity (Wildman–Crippen MR) is 158 cm³/mol. The van der Waals surface area contributed by atoms with Crippen LogP contribution in [-0.2, 0) is 16.0 Å². The zero-order chi connectivity index (χ0) is 29.8. The highest BCUT2D eigenvalue weighted by Crippen LogP contribution is 2.40. The number of para-hydroxylation sites is 1. The number of carbonyl (C=O) groups is 2. The lowest BCUT2D eigenvalue weighted by atomic mass is 10.0. The second kappa shape index (κ2) is 16.1. The Hall–Kier alpha value is -3.46. The molecule has 2 amide bonds. The van der Waals surface area contributed by atoms with E-state index in [0.717, 1.165) is 24.8 Å². The van der Waals surface area contributed by atoms with Crippen molar-refractivity contribution in [3.8, 4) is 23.0 Å². The van der Waals surface area contributed by atoms with E-state index in [4.69, 9.17) is 23.7 Å². The molecule has 0 radical (unpaired) electrons. The van der Waals surface area contributed by atoms with Crippen LogP contribution in [0.1, 0.15) is 55.5 Å². The van der Waals surface area contributed by atoms with Crippen molar-refractivity contribution < 1.29 is 33.3 Å². The molecule has 0 aromatic heterocycles. The van der Waals surface area contributed by atoms with Crippen LogP contribution in [0.15, 0.2) is 36.4 Å². The summed E-state index contributed by atoms with van der Waals surface area (Å²) in [6.07, 6.45) is 3.16. The Bertz CT molecular complexity index is 1140. The first kappa shape index (κ1) is 32.1. The van der Waals surface area contributed by atoms with Gasteiger partial charge in [-0.05, 0) is 55.4 Å². The highest BCUT2D eigenvalue weighted by Gasteiger charge is 2.28. The van der Waals surface area contributed by atoms with Gasteiger partial charge in [-0.2, -0.15) is 0 Å². The highest BCUT2D eigenvalue weighted by molar-refractivity contribution is 5.97. The molecule has 41 heavy (non-hydrogen) atoms. The van der Waals surface area contributed by atoms with Gasteiger partial charge in [-0.1, -0.05) is 32.0 Å². The van der Waals surface area contributed by atoms with Crippen molar-refractivity contribution in [2.45, 2.75) is 52.0 Å². The van der Waals surface area contributed by atoms with Crippen LogP contribution in [0, 0.1) is 5.92 Å². The van der Waals surface area contributed by atoms with E-state index in [9.17, 15) is 9.59 Å². The zero-order valence-electron chi connectivity index (χ0n) is 25.4. The summed E-state index contributed by atoms with van der Waals surface area (Å²) < 4.78 is 28.2. The summed E-state index contributed by atoms with van der Waals surface area (Å²) in [6, 6.07) is 11.0. The number of rotatable bonds is 11. The van der Waals surface area contributed by atoms with Crippen LogP contribution < -0.4 is 18.9 Å². The van der Waals surface area contributed by atoms with Gasteiger partial charge in [0.2, 0.25) is 11.7 Å². The van der Waals surface area contributed by atoms with Gasteiger partial charge in [-0.25, -0.2) is 0 Å². The van der Waals surface area contributed by atoms with E-state index < -0.39 is 0 Å². The summed E-state index contributed by atoms with van der Waals surface area (Å²) in [7, 11) is 6.38. The van der Waals surface area contributed by atoms with Gasteiger partial charge < -0.3 is 33.5 Å². The lowest BCUT2D eigenvalue weighted by Crippen LogP contribution is -2.46. The fourth-order valence-corrected chi connectivity index (χ4v) is 5.31. The average molecular weight is 571 g/mol. The zero-order valence-corrected chi connectivity index (χ0v) is 25.4. The normalized spacial score (nSPS) is 16.4. The van der Waals surface area contributed by atoms with Crippen LogP contribution in [0.2, 0.25) is 0 Å². The first-order chi connectivity index (χ1) is 19.8. The molecule has 0 spiro atoms. The fraction of sp³-hybridized carbons (Fsp3) is 0.562. The molecule has 0 N–H and O–H groups in total. The average Bonchev–Trinajstić information content (AvgIpc) is 2.98. The fourth-order valence-electron chi connectivity index (χ4n) is 5.31. The Kier molecular flexibility index (Phi) is 12.6. The molecule has 9 nitrogen and oxygen atoms in total. The van der Waals surface area contributed by atoms with Crippen molar-refractivity contribution in [2.24, 2.45) is 5.92 Å². The molecule has 0 saturated carbocycles. The molecule has 0 bridgehead atoms. The number of hydrogen-bond acceptors (Lipinski definition) is 7. The minimum Gasteiger partial charge on any atom is -0.493 e. The Balaban J connectivity index is 1.86. The Labute approximate surface area is 244 Å². The minimum atomic E-state index is -0.123. The molecule has 1 aliphatic heterocycles. The third-order valence-electron chi connectivity index (χ3n) is 7.38. The van der Waals surface area contributed by atoms with Crippen LogP contribution in [0.3, 0.4) is 0 Å².